The van der Waals surface area contributed by atoms with E-state index in [2.05, 4.69) is 41.4 Å². The second-order valence-corrected chi connectivity index (χ2v) is 6.64. The van der Waals surface area contributed by atoms with Crippen LogP contribution in [0.25, 0.3) is 0 Å². The molecule has 0 saturated heterocycles. The first kappa shape index (κ1) is 23.1. The third kappa shape index (κ3) is 5.46. The number of benzene rings is 2. The highest BCUT2D eigenvalue weighted by Crippen LogP contribution is 2.38. The number of hydrogen-bond acceptors (Lipinski definition) is 4. The lowest BCUT2D eigenvalue weighted by atomic mass is 10.0. The van der Waals surface area contributed by atoms with Crippen LogP contribution in [0.3, 0.4) is 0 Å². The van der Waals surface area contributed by atoms with E-state index >= 15 is 0 Å². The van der Waals surface area contributed by atoms with E-state index in [1.807, 2.05) is 12.1 Å². The first-order valence-corrected chi connectivity index (χ1v) is 9.59. The van der Waals surface area contributed by atoms with Gasteiger partial charge in [-0.1, -0.05) is 24.3 Å². The van der Waals surface area contributed by atoms with Gasteiger partial charge in [0.15, 0.2) is 17.5 Å². The van der Waals surface area contributed by atoms with E-state index in [1.165, 1.54) is 11.1 Å². The first-order chi connectivity index (χ1) is 13.7. The fraction of sp³-hybridized carbons (Fsp3) is 0.409. The van der Waals surface area contributed by atoms with E-state index < -0.39 is 0 Å². The second kappa shape index (κ2) is 11.1. The summed E-state index contributed by atoms with van der Waals surface area (Å²) in [6.07, 6.45) is 1.03. The molecule has 0 atom stereocenters. The Morgan fingerprint density at radius 2 is 1.69 bits per heavy atom. The zero-order valence-corrected chi connectivity index (χ0v) is 19.9. The number of halogens is 1. The second-order valence-electron chi connectivity index (χ2n) is 6.64. The van der Waals surface area contributed by atoms with Crippen molar-refractivity contribution in [2.24, 2.45) is 4.99 Å². The molecule has 1 aliphatic heterocycles. The SMILES string of the molecule is CCNC(=NCc1cc(OC)c(OC)c(OC)c1)N1CCc2ccccc2C1.I. The number of rotatable bonds is 6. The molecule has 0 aliphatic carbocycles. The van der Waals surface area contributed by atoms with Crippen LogP contribution in [0.1, 0.15) is 23.6 Å². The van der Waals surface area contributed by atoms with E-state index in [9.17, 15) is 0 Å². The van der Waals surface area contributed by atoms with Crippen molar-refractivity contribution in [2.45, 2.75) is 26.4 Å². The van der Waals surface area contributed by atoms with Crippen LogP contribution in [-0.4, -0.2) is 45.3 Å². The summed E-state index contributed by atoms with van der Waals surface area (Å²) >= 11 is 0. The fourth-order valence-corrected chi connectivity index (χ4v) is 3.50. The Bertz CT molecular complexity index is 817. The molecule has 0 amide bonds. The van der Waals surface area contributed by atoms with E-state index in [1.54, 1.807) is 21.3 Å². The molecule has 0 radical (unpaired) electrons. The van der Waals surface area contributed by atoms with Gasteiger partial charge in [-0.25, -0.2) is 4.99 Å². The summed E-state index contributed by atoms with van der Waals surface area (Å²) in [7, 11) is 4.86. The summed E-state index contributed by atoms with van der Waals surface area (Å²) in [6.45, 7) is 5.27. The number of nitrogens with one attached hydrogen (secondary N) is 1. The van der Waals surface area contributed by atoms with Crippen molar-refractivity contribution in [1.29, 1.82) is 0 Å². The predicted molar refractivity (Wildman–Crippen MR) is 127 cm³/mol. The third-order valence-electron chi connectivity index (χ3n) is 4.90. The molecule has 0 saturated carbocycles. The van der Waals surface area contributed by atoms with Crippen LogP contribution in [-0.2, 0) is 19.5 Å². The van der Waals surface area contributed by atoms with Crippen LogP contribution >= 0.6 is 24.0 Å². The van der Waals surface area contributed by atoms with Gasteiger partial charge in [0.05, 0.1) is 27.9 Å². The topological polar surface area (TPSA) is 55.3 Å². The molecule has 3 rings (SSSR count). The Kier molecular flexibility index (Phi) is 8.88. The smallest absolute Gasteiger partial charge is 0.203 e. The number of fused-ring (bicyclic) bond motifs is 1. The van der Waals surface area contributed by atoms with Gasteiger partial charge in [0.2, 0.25) is 5.75 Å². The summed E-state index contributed by atoms with van der Waals surface area (Å²) in [5, 5.41) is 3.42. The average Bonchev–Trinajstić information content (AvgIpc) is 2.75. The molecule has 0 aromatic heterocycles. The van der Waals surface area contributed by atoms with Crippen molar-refractivity contribution in [3.8, 4) is 17.2 Å². The van der Waals surface area contributed by atoms with Gasteiger partial charge in [-0.3, -0.25) is 0 Å². The first-order valence-electron chi connectivity index (χ1n) is 9.59. The molecule has 2 aromatic carbocycles. The van der Waals surface area contributed by atoms with Gasteiger partial charge >= 0.3 is 0 Å². The maximum atomic E-state index is 5.45. The quantitative estimate of drug-likeness (QED) is 0.363. The predicted octanol–water partition coefficient (Wildman–Crippen LogP) is 3.85. The molecule has 6 nitrogen and oxygen atoms in total. The van der Waals surface area contributed by atoms with Gasteiger partial charge in [-0.05, 0) is 42.2 Å². The van der Waals surface area contributed by atoms with Gasteiger partial charge in [0.1, 0.15) is 0 Å². The minimum atomic E-state index is 0. The number of methoxy groups -OCH3 is 3. The van der Waals surface area contributed by atoms with E-state index in [-0.39, 0.29) is 24.0 Å². The molecular weight excluding hydrogens is 481 g/mol. The number of ether oxygens (including phenoxy) is 3. The van der Waals surface area contributed by atoms with Gasteiger partial charge in [0, 0.05) is 19.6 Å². The lowest BCUT2D eigenvalue weighted by Crippen LogP contribution is -2.44. The molecule has 0 fully saturated rings. The Balaban J connectivity index is 0.00000300. The Morgan fingerprint density at radius 3 is 2.28 bits per heavy atom. The van der Waals surface area contributed by atoms with Crippen LogP contribution in [0.4, 0.5) is 0 Å². The van der Waals surface area contributed by atoms with E-state index in [0.29, 0.717) is 23.8 Å². The molecular formula is C22H30IN3O3. The van der Waals surface area contributed by atoms with E-state index in [0.717, 1.165) is 37.6 Å². The lowest BCUT2D eigenvalue weighted by molar-refractivity contribution is 0.324. The largest absolute Gasteiger partial charge is 0.493 e. The summed E-state index contributed by atoms with van der Waals surface area (Å²) in [4.78, 5) is 7.18. The number of hydrogen-bond donors (Lipinski definition) is 1. The van der Waals surface area contributed by atoms with Crippen molar-refractivity contribution in [1.82, 2.24) is 10.2 Å². The van der Waals surface area contributed by atoms with Gasteiger partial charge < -0.3 is 24.4 Å². The standard InChI is InChI=1S/C22H29N3O3.HI/c1-5-23-22(25-11-10-17-8-6-7-9-18(17)15-25)24-14-16-12-19(26-2)21(28-4)20(13-16)27-3;/h6-9,12-13H,5,10-11,14-15H2,1-4H3,(H,23,24);1H. The molecule has 0 unspecified atom stereocenters. The summed E-state index contributed by atoms with van der Waals surface area (Å²) < 4.78 is 16.3. The minimum Gasteiger partial charge on any atom is -0.493 e. The van der Waals surface area contributed by atoms with Crippen molar-refractivity contribution in [2.75, 3.05) is 34.4 Å². The van der Waals surface area contributed by atoms with Crippen molar-refractivity contribution >= 4 is 29.9 Å². The summed E-state index contributed by atoms with van der Waals surface area (Å²) in [5.41, 5.74) is 3.80. The Morgan fingerprint density at radius 1 is 1.03 bits per heavy atom. The number of guanidine groups is 1. The van der Waals surface area contributed by atoms with Crippen LogP contribution in [0, 0.1) is 0 Å². The number of nitrogens with zero attached hydrogens (tertiary/aromatic N) is 2. The lowest BCUT2D eigenvalue weighted by Gasteiger charge is -2.31. The van der Waals surface area contributed by atoms with Crippen LogP contribution in [0.15, 0.2) is 41.4 Å². The number of aliphatic imine (C=N–C) groups is 1. The fourth-order valence-electron chi connectivity index (χ4n) is 3.50. The summed E-state index contributed by atoms with van der Waals surface area (Å²) in [6, 6.07) is 12.5. The van der Waals surface area contributed by atoms with Crippen molar-refractivity contribution < 1.29 is 14.2 Å². The highest BCUT2D eigenvalue weighted by atomic mass is 127. The summed E-state index contributed by atoms with van der Waals surface area (Å²) in [5.74, 6) is 2.80. The monoisotopic (exact) mass is 511 g/mol. The van der Waals surface area contributed by atoms with Gasteiger partial charge in [0.25, 0.3) is 0 Å². The molecule has 158 valence electrons. The molecule has 2 aromatic rings. The molecule has 1 aliphatic rings. The normalized spacial score (nSPS) is 13.2. The molecule has 0 spiro atoms. The molecule has 1 heterocycles. The van der Waals surface area contributed by atoms with Gasteiger partial charge in [-0.2, -0.15) is 0 Å². The maximum Gasteiger partial charge on any atom is 0.203 e. The highest BCUT2D eigenvalue weighted by Gasteiger charge is 2.19. The molecule has 0 bridgehead atoms. The molecule has 7 heteroatoms. The Labute approximate surface area is 190 Å². The van der Waals surface area contributed by atoms with E-state index in [4.69, 9.17) is 19.2 Å². The van der Waals surface area contributed by atoms with Crippen molar-refractivity contribution in [3.63, 3.8) is 0 Å². The zero-order valence-electron chi connectivity index (χ0n) is 17.5. The van der Waals surface area contributed by atoms with Crippen LogP contribution < -0.4 is 19.5 Å². The minimum absolute atomic E-state index is 0. The maximum absolute atomic E-state index is 5.45. The van der Waals surface area contributed by atoms with Crippen molar-refractivity contribution in [3.05, 3.63) is 53.1 Å². The van der Waals surface area contributed by atoms with Crippen LogP contribution in [0.2, 0.25) is 0 Å². The molecule has 1 N–H and O–H groups in total. The van der Waals surface area contributed by atoms with Crippen LogP contribution in [0.5, 0.6) is 17.2 Å². The highest BCUT2D eigenvalue weighted by molar-refractivity contribution is 14.0. The molecule has 29 heavy (non-hydrogen) atoms. The Hall–Kier alpha value is -2.16. The third-order valence-corrected chi connectivity index (χ3v) is 4.90. The van der Waals surface area contributed by atoms with Gasteiger partial charge in [-0.15, -0.1) is 24.0 Å². The average molecular weight is 511 g/mol. The zero-order chi connectivity index (χ0) is 19.9.